The molecule has 19 heavy (non-hydrogen) atoms. The molecule has 1 unspecified atom stereocenters. The molecular formula is C15H12BrClO2. The summed E-state index contributed by atoms with van der Waals surface area (Å²) >= 11 is 9.89. The lowest BCUT2D eigenvalue weighted by Crippen LogP contribution is -1.96. The van der Waals surface area contributed by atoms with E-state index in [9.17, 15) is 0 Å². The Kier molecular flexibility index (Phi) is 3.67. The van der Waals surface area contributed by atoms with Crippen LogP contribution in [0.15, 0.2) is 42.5 Å². The summed E-state index contributed by atoms with van der Waals surface area (Å²) in [5.41, 5.74) is 2.29. The predicted molar refractivity (Wildman–Crippen MR) is 79.4 cm³/mol. The summed E-state index contributed by atoms with van der Waals surface area (Å²) in [6.07, 6.45) is 0.833. The van der Waals surface area contributed by atoms with E-state index in [1.165, 1.54) is 0 Å². The van der Waals surface area contributed by atoms with Crippen molar-refractivity contribution in [1.29, 1.82) is 0 Å². The highest BCUT2D eigenvalue weighted by Crippen LogP contribution is 2.37. The minimum atomic E-state index is 0.196. The van der Waals surface area contributed by atoms with Crippen LogP contribution in [0.5, 0.6) is 11.5 Å². The number of hydrogen-bond donors (Lipinski definition) is 0. The maximum Gasteiger partial charge on any atom is 0.231 e. The number of rotatable bonds is 3. The standard InChI is InChI=1S/C15H12BrClO2/c16-12(7-11-3-1-2-4-13(11)17)10-5-6-14-15(8-10)19-9-18-14/h1-6,8,12H,7,9H2. The second kappa shape index (κ2) is 5.43. The van der Waals surface area contributed by atoms with E-state index in [0.717, 1.165) is 34.1 Å². The Morgan fingerprint density at radius 2 is 1.89 bits per heavy atom. The molecule has 0 fully saturated rings. The van der Waals surface area contributed by atoms with Crippen LogP contribution in [0, 0.1) is 0 Å². The zero-order valence-electron chi connectivity index (χ0n) is 10.1. The molecule has 0 saturated carbocycles. The van der Waals surface area contributed by atoms with Crippen LogP contribution < -0.4 is 9.47 Å². The number of benzene rings is 2. The Balaban J connectivity index is 1.81. The Bertz CT molecular complexity index is 600. The van der Waals surface area contributed by atoms with E-state index >= 15 is 0 Å². The van der Waals surface area contributed by atoms with Gasteiger partial charge in [-0.15, -0.1) is 0 Å². The van der Waals surface area contributed by atoms with Crippen LogP contribution in [0.25, 0.3) is 0 Å². The molecule has 0 N–H and O–H groups in total. The zero-order chi connectivity index (χ0) is 13.2. The topological polar surface area (TPSA) is 18.5 Å². The average Bonchev–Trinajstić information content (AvgIpc) is 2.88. The van der Waals surface area contributed by atoms with Crippen LogP contribution in [0.4, 0.5) is 0 Å². The first-order valence-corrected chi connectivity index (χ1v) is 7.30. The molecule has 2 nitrogen and oxygen atoms in total. The van der Waals surface area contributed by atoms with Crippen molar-refractivity contribution in [2.45, 2.75) is 11.2 Å². The van der Waals surface area contributed by atoms with E-state index in [4.69, 9.17) is 21.1 Å². The van der Waals surface area contributed by atoms with Gasteiger partial charge >= 0.3 is 0 Å². The molecule has 0 radical (unpaired) electrons. The van der Waals surface area contributed by atoms with Gasteiger partial charge in [0.25, 0.3) is 0 Å². The van der Waals surface area contributed by atoms with Gasteiger partial charge in [0.05, 0.1) is 0 Å². The molecule has 0 aromatic heterocycles. The summed E-state index contributed by atoms with van der Waals surface area (Å²) in [6, 6.07) is 13.9. The van der Waals surface area contributed by atoms with Gasteiger partial charge in [0.2, 0.25) is 6.79 Å². The van der Waals surface area contributed by atoms with Crippen LogP contribution in [-0.2, 0) is 6.42 Å². The molecule has 1 aliphatic heterocycles. The molecule has 4 heteroatoms. The Hall–Kier alpha value is -1.19. The first-order chi connectivity index (χ1) is 9.24. The molecule has 0 spiro atoms. The summed E-state index contributed by atoms with van der Waals surface area (Å²) < 4.78 is 10.7. The van der Waals surface area contributed by atoms with Crippen molar-refractivity contribution >= 4 is 27.5 Å². The minimum absolute atomic E-state index is 0.196. The number of halogens is 2. The number of ether oxygens (including phenoxy) is 2. The van der Waals surface area contributed by atoms with Gasteiger partial charge in [-0.1, -0.05) is 51.8 Å². The van der Waals surface area contributed by atoms with Crippen molar-refractivity contribution in [2.24, 2.45) is 0 Å². The summed E-state index contributed by atoms with van der Waals surface area (Å²) in [5.74, 6) is 1.61. The maximum atomic E-state index is 6.18. The highest BCUT2D eigenvalue weighted by molar-refractivity contribution is 9.09. The number of hydrogen-bond acceptors (Lipinski definition) is 2. The molecule has 0 amide bonds. The molecule has 1 aliphatic rings. The fraction of sp³-hybridized carbons (Fsp3) is 0.200. The highest BCUT2D eigenvalue weighted by atomic mass is 79.9. The molecular weight excluding hydrogens is 328 g/mol. The molecule has 0 saturated heterocycles. The van der Waals surface area contributed by atoms with Crippen LogP contribution in [-0.4, -0.2) is 6.79 Å². The Morgan fingerprint density at radius 3 is 2.74 bits per heavy atom. The third-order valence-corrected chi connectivity index (χ3v) is 4.34. The molecule has 1 heterocycles. The largest absolute Gasteiger partial charge is 0.454 e. The first-order valence-electron chi connectivity index (χ1n) is 6.01. The van der Waals surface area contributed by atoms with Crippen molar-refractivity contribution in [3.63, 3.8) is 0 Å². The van der Waals surface area contributed by atoms with Gasteiger partial charge in [-0.05, 0) is 35.7 Å². The van der Waals surface area contributed by atoms with E-state index in [1.54, 1.807) is 0 Å². The van der Waals surface area contributed by atoms with Gasteiger partial charge in [-0.2, -0.15) is 0 Å². The zero-order valence-corrected chi connectivity index (χ0v) is 12.4. The number of alkyl halides is 1. The lowest BCUT2D eigenvalue weighted by molar-refractivity contribution is 0.174. The minimum Gasteiger partial charge on any atom is -0.454 e. The van der Waals surface area contributed by atoms with Gasteiger partial charge in [0.1, 0.15) is 0 Å². The summed E-state index contributed by atoms with van der Waals surface area (Å²) in [4.78, 5) is 0.196. The van der Waals surface area contributed by atoms with Crippen molar-refractivity contribution in [2.75, 3.05) is 6.79 Å². The molecule has 2 aromatic rings. The average molecular weight is 340 g/mol. The van der Waals surface area contributed by atoms with Crippen molar-refractivity contribution in [1.82, 2.24) is 0 Å². The first kappa shape index (κ1) is 12.8. The van der Waals surface area contributed by atoms with E-state index in [-0.39, 0.29) is 4.83 Å². The maximum absolute atomic E-state index is 6.18. The fourth-order valence-electron chi connectivity index (χ4n) is 2.08. The number of fused-ring (bicyclic) bond motifs is 1. The second-order valence-corrected chi connectivity index (χ2v) is 5.89. The van der Waals surface area contributed by atoms with E-state index in [2.05, 4.69) is 15.9 Å². The summed E-state index contributed by atoms with van der Waals surface area (Å²) in [7, 11) is 0. The van der Waals surface area contributed by atoms with Crippen LogP contribution in [0.1, 0.15) is 16.0 Å². The van der Waals surface area contributed by atoms with Gasteiger partial charge in [0, 0.05) is 9.85 Å². The van der Waals surface area contributed by atoms with Crippen molar-refractivity contribution in [3.05, 3.63) is 58.6 Å². The lowest BCUT2D eigenvalue weighted by Gasteiger charge is -2.12. The van der Waals surface area contributed by atoms with Crippen molar-refractivity contribution < 1.29 is 9.47 Å². The SMILES string of the molecule is Clc1ccccc1CC(Br)c1ccc2c(c1)OCO2. The van der Waals surface area contributed by atoms with E-state index in [1.807, 2.05) is 42.5 Å². The predicted octanol–water partition coefficient (Wildman–Crippen LogP) is 4.75. The molecule has 3 rings (SSSR count). The van der Waals surface area contributed by atoms with Gasteiger partial charge in [0.15, 0.2) is 11.5 Å². The van der Waals surface area contributed by atoms with Crippen LogP contribution in [0.2, 0.25) is 5.02 Å². The molecule has 1 atom stereocenters. The molecule has 2 aromatic carbocycles. The van der Waals surface area contributed by atoms with Crippen LogP contribution in [0.3, 0.4) is 0 Å². The van der Waals surface area contributed by atoms with Crippen LogP contribution >= 0.6 is 27.5 Å². The summed E-state index contributed by atoms with van der Waals surface area (Å²) in [5, 5.41) is 0.799. The van der Waals surface area contributed by atoms with Gasteiger partial charge in [-0.25, -0.2) is 0 Å². The second-order valence-electron chi connectivity index (χ2n) is 4.38. The fourth-order valence-corrected chi connectivity index (χ4v) is 2.93. The normalized spacial score (nSPS) is 14.4. The monoisotopic (exact) mass is 338 g/mol. The van der Waals surface area contributed by atoms with E-state index in [0.29, 0.717) is 6.79 Å². The Morgan fingerprint density at radius 1 is 1.11 bits per heavy atom. The van der Waals surface area contributed by atoms with E-state index < -0.39 is 0 Å². The van der Waals surface area contributed by atoms with Gasteiger partial charge in [-0.3, -0.25) is 0 Å². The quantitative estimate of drug-likeness (QED) is 0.752. The molecule has 98 valence electrons. The third-order valence-electron chi connectivity index (χ3n) is 3.12. The van der Waals surface area contributed by atoms with Crippen molar-refractivity contribution in [3.8, 4) is 11.5 Å². The Labute approximate surface area is 125 Å². The molecule has 0 bridgehead atoms. The highest BCUT2D eigenvalue weighted by Gasteiger charge is 2.17. The van der Waals surface area contributed by atoms with Gasteiger partial charge < -0.3 is 9.47 Å². The molecule has 0 aliphatic carbocycles. The summed E-state index contributed by atoms with van der Waals surface area (Å²) in [6.45, 7) is 0.302. The third kappa shape index (κ3) is 2.72. The lowest BCUT2D eigenvalue weighted by atomic mass is 10.0. The smallest absolute Gasteiger partial charge is 0.231 e.